The minimum atomic E-state index is 0.171. The average molecular weight is 211 g/mol. The van der Waals surface area contributed by atoms with Crippen LogP contribution < -0.4 is 0 Å². The van der Waals surface area contributed by atoms with Gasteiger partial charge in [-0.1, -0.05) is 37.1 Å². The van der Waals surface area contributed by atoms with Crippen LogP contribution in [-0.4, -0.2) is 5.78 Å². The standard InChI is InChI=1S/C12H15ClO/c1-3-4-11-6-5-10(7-9(2)14)8-12(11)13/h5-6,8H,3-4,7H2,1-2H3. The minimum Gasteiger partial charge on any atom is -0.300 e. The van der Waals surface area contributed by atoms with Gasteiger partial charge in [0.1, 0.15) is 5.78 Å². The van der Waals surface area contributed by atoms with E-state index in [0.29, 0.717) is 6.42 Å². The maximum atomic E-state index is 10.9. The summed E-state index contributed by atoms with van der Waals surface area (Å²) in [6.45, 7) is 3.72. The molecule has 1 aromatic rings. The van der Waals surface area contributed by atoms with Crippen molar-refractivity contribution in [3.05, 3.63) is 34.3 Å². The van der Waals surface area contributed by atoms with Crippen LogP contribution in [0.4, 0.5) is 0 Å². The van der Waals surface area contributed by atoms with E-state index < -0.39 is 0 Å². The molecule has 0 atom stereocenters. The van der Waals surface area contributed by atoms with Crippen LogP contribution in [0.2, 0.25) is 5.02 Å². The maximum absolute atomic E-state index is 10.9. The van der Waals surface area contributed by atoms with Crippen molar-refractivity contribution in [1.29, 1.82) is 0 Å². The summed E-state index contributed by atoms with van der Waals surface area (Å²) in [5.74, 6) is 0.171. The molecule has 0 aromatic heterocycles. The van der Waals surface area contributed by atoms with Gasteiger partial charge in [-0.05, 0) is 30.5 Å². The van der Waals surface area contributed by atoms with E-state index in [1.165, 1.54) is 5.56 Å². The lowest BCUT2D eigenvalue weighted by molar-refractivity contribution is -0.116. The molecule has 0 aliphatic heterocycles. The molecule has 0 spiro atoms. The number of Topliss-reactive ketones (excluding diaryl/α,β-unsaturated/α-hetero) is 1. The van der Waals surface area contributed by atoms with E-state index in [4.69, 9.17) is 11.6 Å². The monoisotopic (exact) mass is 210 g/mol. The van der Waals surface area contributed by atoms with Crippen molar-refractivity contribution in [1.82, 2.24) is 0 Å². The van der Waals surface area contributed by atoms with Gasteiger partial charge >= 0.3 is 0 Å². The van der Waals surface area contributed by atoms with Gasteiger partial charge in [0.25, 0.3) is 0 Å². The predicted molar refractivity (Wildman–Crippen MR) is 59.8 cm³/mol. The number of hydrogen-bond donors (Lipinski definition) is 0. The van der Waals surface area contributed by atoms with Gasteiger partial charge in [-0.3, -0.25) is 4.79 Å². The molecular weight excluding hydrogens is 196 g/mol. The van der Waals surface area contributed by atoms with E-state index in [2.05, 4.69) is 6.92 Å². The van der Waals surface area contributed by atoms with Crippen molar-refractivity contribution < 1.29 is 4.79 Å². The second kappa shape index (κ2) is 5.16. The number of carbonyl (C=O) groups is 1. The van der Waals surface area contributed by atoms with Gasteiger partial charge in [0.05, 0.1) is 0 Å². The van der Waals surface area contributed by atoms with Crippen molar-refractivity contribution in [3.63, 3.8) is 0 Å². The van der Waals surface area contributed by atoms with Gasteiger partial charge in [-0.2, -0.15) is 0 Å². The molecule has 0 bridgehead atoms. The molecule has 76 valence electrons. The van der Waals surface area contributed by atoms with Crippen molar-refractivity contribution in [2.75, 3.05) is 0 Å². The zero-order valence-corrected chi connectivity index (χ0v) is 9.40. The number of ketones is 1. The summed E-state index contributed by atoms with van der Waals surface area (Å²) in [7, 11) is 0. The lowest BCUT2D eigenvalue weighted by Gasteiger charge is -2.04. The maximum Gasteiger partial charge on any atom is 0.134 e. The highest BCUT2D eigenvalue weighted by Gasteiger charge is 2.02. The number of benzene rings is 1. The molecule has 0 N–H and O–H groups in total. The summed E-state index contributed by atoms with van der Waals surface area (Å²) in [5.41, 5.74) is 2.17. The first-order valence-corrected chi connectivity index (χ1v) is 5.28. The Morgan fingerprint density at radius 3 is 2.64 bits per heavy atom. The highest BCUT2D eigenvalue weighted by Crippen LogP contribution is 2.19. The molecule has 1 rings (SSSR count). The molecular formula is C12H15ClO. The Labute approximate surface area is 90.1 Å². The summed E-state index contributed by atoms with van der Waals surface area (Å²) in [4.78, 5) is 10.9. The zero-order chi connectivity index (χ0) is 10.6. The third kappa shape index (κ3) is 3.15. The van der Waals surface area contributed by atoms with E-state index in [9.17, 15) is 4.79 Å². The average Bonchev–Trinajstić information content (AvgIpc) is 2.09. The predicted octanol–water partition coefficient (Wildman–Crippen LogP) is 3.42. The Bertz CT molecular complexity index is 331. The number of rotatable bonds is 4. The Morgan fingerprint density at radius 2 is 2.14 bits per heavy atom. The van der Waals surface area contributed by atoms with Crippen LogP contribution >= 0.6 is 11.6 Å². The van der Waals surface area contributed by atoms with Crippen LogP contribution in [0, 0.1) is 0 Å². The molecule has 0 fully saturated rings. The van der Waals surface area contributed by atoms with E-state index in [0.717, 1.165) is 23.4 Å². The third-order valence-electron chi connectivity index (χ3n) is 2.09. The fourth-order valence-corrected chi connectivity index (χ4v) is 1.76. The summed E-state index contributed by atoms with van der Waals surface area (Å²) in [6.07, 6.45) is 2.57. The van der Waals surface area contributed by atoms with Gasteiger partial charge < -0.3 is 0 Å². The molecule has 0 aliphatic carbocycles. The van der Waals surface area contributed by atoms with E-state index in [1.54, 1.807) is 6.92 Å². The van der Waals surface area contributed by atoms with E-state index in [1.807, 2.05) is 18.2 Å². The largest absolute Gasteiger partial charge is 0.300 e. The molecule has 0 saturated carbocycles. The SMILES string of the molecule is CCCc1ccc(CC(C)=O)cc1Cl. The fourth-order valence-electron chi connectivity index (χ4n) is 1.46. The van der Waals surface area contributed by atoms with Crippen LogP contribution in [0.3, 0.4) is 0 Å². The van der Waals surface area contributed by atoms with Crippen molar-refractivity contribution in [3.8, 4) is 0 Å². The number of carbonyl (C=O) groups excluding carboxylic acids is 1. The van der Waals surface area contributed by atoms with Crippen molar-refractivity contribution in [2.24, 2.45) is 0 Å². The molecule has 0 heterocycles. The van der Waals surface area contributed by atoms with Crippen LogP contribution in [0.15, 0.2) is 18.2 Å². The molecule has 0 aliphatic rings. The molecule has 14 heavy (non-hydrogen) atoms. The highest BCUT2D eigenvalue weighted by atomic mass is 35.5. The van der Waals surface area contributed by atoms with Crippen LogP contribution in [-0.2, 0) is 17.6 Å². The second-order valence-corrected chi connectivity index (χ2v) is 3.96. The molecule has 2 heteroatoms. The van der Waals surface area contributed by atoms with Gasteiger partial charge in [-0.15, -0.1) is 0 Å². The summed E-state index contributed by atoms with van der Waals surface area (Å²) < 4.78 is 0. The Balaban J connectivity index is 2.83. The normalized spacial score (nSPS) is 10.2. The molecule has 1 nitrogen and oxygen atoms in total. The summed E-state index contributed by atoms with van der Waals surface area (Å²) in [6, 6.07) is 5.90. The lowest BCUT2D eigenvalue weighted by atomic mass is 10.0. The number of halogens is 1. The van der Waals surface area contributed by atoms with E-state index >= 15 is 0 Å². The molecule has 0 unspecified atom stereocenters. The fraction of sp³-hybridized carbons (Fsp3) is 0.417. The van der Waals surface area contributed by atoms with Crippen LogP contribution in [0.1, 0.15) is 31.4 Å². The second-order valence-electron chi connectivity index (χ2n) is 3.55. The number of aryl methyl sites for hydroxylation is 1. The first-order chi connectivity index (χ1) is 6.63. The topological polar surface area (TPSA) is 17.1 Å². The third-order valence-corrected chi connectivity index (χ3v) is 2.44. The zero-order valence-electron chi connectivity index (χ0n) is 8.64. The summed E-state index contributed by atoms with van der Waals surface area (Å²) >= 11 is 6.08. The van der Waals surface area contributed by atoms with Crippen LogP contribution in [0.25, 0.3) is 0 Å². The Morgan fingerprint density at radius 1 is 1.43 bits per heavy atom. The van der Waals surface area contributed by atoms with Gasteiger partial charge in [0, 0.05) is 11.4 Å². The molecule has 1 aromatic carbocycles. The van der Waals surface area contributed by atoms with Crippen molar-refractivity contribution >= 4 is 17.4 Å². The molecule has 0 amide bonds. The minimum absolute atomic E-state index is 0.171. The number of hydrogen-bond acceptors (Lipinski definition) is 1. The quantitative estimate of drug-likeness (QED) is 0.744. The molecule has 0 radical (unpaired) electrons. The van der Waals surface area contributed by atoms with E-state index in [-0.39, 0.29) is 5.78 Å². The first-order valence-electron chi connectivity index (χ1n) is 4.90. The lowest BCUT2D eigenvalue weighted by Crippen LogP contribution is -1.97. The smallest absolute Gasteiger partial charge is 0.134 e. The first kappa shape index (κ1) is 11.3. The van der Waals surface area contributed by atoms with Gasteiger partial charge in [-0.25, -0.2) is 0 Å². The van der Waals surface area contributed by atoms with Crippen molar-refractivity contribution in [2.45, 2.75) is 33.1 Å². The Kier molecular flexibility index (Phi) is 4.15. The van der Waals surface area contributed by atoms with Crippen LogP contribution in [0.5, 0.6) is 0 Å². The van der Waals surface area contributed by atoms with Gasteiger partial charge in [0.15, 0.2) is 0 Å². The Hall–Kier alpha value is -0.820. The molecule has 0 saturated heterocycles. The summed E-state index contributed by atoms with van der Waals surface area (Å²) in [5, 5.41) is 0.783. The van der Waals surface area contributed by atoms with Gasteiger partial charge in [0.2, 0.25) is 0 Å². The highest BCUT2D eigenvalue weighted by molar-refractivity contribution is 6.31.